The third-order valence-corrected chi connectivity index (χ3v) is 3.42. The second-order valence-electron chi connectivity index (χ2n) is 4.57. The summed E-state index contributed by atoms with van der Waals surface area (Å²) >= 11 is 5.78. The maximum Gasteiger partial charge on any atom is 0.166 e. The molecule has 0 radical (unpaired) electrons. The molecule has 0 N–H and O–H groups in total. The number of alkyl halides is 1. The zero-order valence-corrected chi connectivity index (χ0v) is 9.33. The van der Waals surface area contributed by atoms with Gasteiger partial charge in [0.1, 0.15) is 0 Å². The third kappa shape index (κ3) is 1.52. The van der Waals surface area contributed by atoms with Gasteiger partial charge in [0.15, 0.2) is 5.82 Å². The highest BCUT2D eigenvalue weighted by Gasteiger charge is 2.37. The fourth-order valence-electron chi connectivity index (χ4n) is 2.30. The first kappa shape index (κ1) is 9.90. The van der Waals surface area contributed by atoms with E-state index >= 15 is 0 Å². The summed E-state index contributed by atoms with van der Waals surface area (Å²) in [5.41, 5.74) is 0.288. The van der Waals surface area contributed by atoms with Crippen LogP contribution in [-0.2, 0) is 5.88 Å². The summed E-state index contributed by atoms with van der Waals surface area (Å²) in [6.45, 7) is 4.54. The average Bonchev–Trinajstić information content (AvgIpc) is 2.69. The highest BCUT2D eigenvalue weighted by Crippen LogP contribution is 2.45. The van der Waals surface area contributed by atoms with Crippen LogP contribution in [0.2, 0.25) is 0 Å². The van der Waals surface area contributed by atoms with E-state index in [-0.39, 0.29) is 5.41 Å². The number of nitrogens with zero attached hydrogens (tertiary/aromatic N) is 4. The van der Waals surface area contributed by atoms with Gasteiger partial charge in [-0.25, -0.2) is 4.68 Å². The molecule has 1 saturated carbocycles. The molecule has 1 aromatic heterocycles. The zero-order chi connectivity index (χ0) is 10.2. The summed E-state index contributed by atoms with van der Waals surface area (Å²) in [5.74, 6) is 1.17. The Labute approximate surface area is 88.6 Å². The van der Waals surface area contributed by atoms with Crippen molar-refractivity contribution in [3.63, 3.8) is 0 Å². The largest absolute Gasteiger partial charge is 0.225 e. The number of halogens is 1. The first-order valence-electron chi connectivity index (χ1n) is 4.98. The molecule has 1 fully saturated rings. The summed E-state index contributed by atoms with van der Waals surface area (Å²) in [5, 5.41) is 11.6. The highest BCUT2D eigenvalue weighted by molar-refractivity contribution is 6.16. The van der Waals surface area contributed by atoms with E-state index in [0.29, 0.717) is 11.9 Å². The highest BCUT2D eigenvalue weighted by atomic mass is 35.5. The Bertz CT molecular complexity index is 320. The van der Waals surface area contributed by atoms with Crippen molar-refractivity contribution in [2.75, 3.05) is 0 Å². The van der Waals surface area contributed by atoms with Crippen molar-refractivity contribution in [1.29, 1.82) is 0 Å². The Balaban J connectivity index is 2.30. The van der Waals surface area contributed by atoms with Crippen molar-refractivity contribution in [1.82, 2.24) is 20.2 Å². The van der Waals surface area contributed by atoms with Gasteiger partial charge in [0, 0.05) is 0 Å². The first-order chi connectivity index (χ1) is 6.65. The number of aromatic nitrogens is 4. The van der Waals surface area contributed by atoms with Crippen LogP contribution in [-0.4, -0.2) is 20.2 Å². The molecule has 0 aliphatic heterocycles. The van der Waals surface area contributed by atoms with E-state index in [1.54, 1.807) is 0 Å². The van der Waals surface area contributed by atoms with Crippen LogP contribution in [0.15, 0.2) is 0 Å². The lowest BCUT2D eigenvalue weighted by molar-refractivity contribution is 0.236. The van der Waals surface area contributed by atoms with E-state index in [1.165, 1.54) is 12.8 Å². The van der Waals surface area contributed by atoms with Crippen molar-refractivity contribution in [2.45, 2.75) is 45.0 Å². The van der Waals surface area contributed by atoms with Crippen LogP contribution < -0.4 is 0 Å². The molecule has 0 spiro atoms. The molecule has 1 aromatic rings. The van der Waals surface area contributed by atoms with Crippen molar-refractivity contribution in [3.05, 3.63) is 5.82 Å². The minimum absolute atomic E-state index is 0.288. The number of hydrogen-bond donors (Lipinski definition) is 0. The fraction of sp³-hybridized carbons (Fsp3) is 0.889. The summed E-state index contributed by atoms with van der Waals surface area (Å²) < 4.78 is 1.90. The van der Waals surface area contributed by atoms with Gasteiger partial charge in [0.05, 0.1) is 11.9 Å². The molecule has 0 saturated heterocycles. The minimum Gasteiger partial charge on any atom is -0.225 e. The van der Waals surface area contributed by atoms with Crippen LogP contribution in [0.5, 0.6) is 0 Å². The quantitative estimate of drug-likeness (QED) is 0.709. The van der Waals surface area contributed by atoms with Crippen LogP contribution in [0.3, 0.4) is 0 Å². The Kier molecular flexibility index (Phi) is 2.47. The molecule has 2 rings (SSSR count). The Hall–Kier alpha value is -0.640. The summed E-state index contributed by atoms with van der Waals surface area (Å²) in [6, 6.07) is 0.409. The summed E-state index contributed by atoms with van der Waals surface area (Å²) in [6.07, 6.45) is 3.64. The molecular formula is C9H15ClN4. The standard InChI is InChI=1S/C9H15ClN4/c1-9(2)5-3-4-7(9)14-8(6-10)11-12-13-14/h7H,3-6H2,1-2H3. The smallest absolute Gasteiger partial charge is 0.166 e. The summed E-state index contributed by atoms with van der Waals surface area (Å²) in [7, 11) is 0. The third-order valence-electron chi connectivity index (χ3n) is 3.18. The van der Waals surface area contributed by atoms with Crippen molar-refractivity contribution >= 4 is 11.6 Å². The van der Waals surface area contributed by atoms with Gasteiger partial charge in [-0.3, -0.25) is 0 Å². The van der Waals surface area contributed by atoms with Gasteiger partial charge in [-0.2, -0.15) is 0 Å². The average molecular weight is 215 g/mol. The van der Waals surface area contributed by atoms with E-state index in [2.05, 4.69) is 29.4 Å². The second-order valence-corrected chi connectivity index (χ2v) is 4.84. The molecule has 78 valence electrons. The van der Waals surface area contributed by atoms with Crippen LogP contribution in [0.1, 0.15) is 45.0 Å². The van der Waals surface area contributed by atoms with Gasteiger partial charge in [-0.15, -0.1) is 16.7 Å². The molecule has 0 bridgehead atoms. The number of hydrogen-bond acceptors (Lipinski definition) is 3. The van der Waals surface area contributed by atoms with Gasteiger partial charge < -0.3 is 0 Å². The SMILES string of the molecule is CC1(C)CCCC1n1nnnc1CCl. The molecule has 14 heavy (non-hydrogen) atoms. The zero-order valence-electron chi connectivity index (χ0n) is 8.57. The fourth-order valence-corrected chi connectivity index (χ4v) is 2.48. The molecule has 1 aliphatic carbocycles. The second kappa shape index (κ2) is 3.50. The van der Waals surface area contributed by atoms with Crippen molar-refractivity contribution in [3.8, 4) is 0 Å². The predicted octanol–water partition coefficient (Wildman–Crippen LogP) is 2.16. The molecule has 1 aliphatic rings. The topological polar surface area (TPSA) is 43.6 Å². The Morgan fingerprint density at radius 1 is 1.57 bits per heavy atom. The van der Waals surface area contributed by atoms with E-state index in [0.717, 1.165) is 12.2 Å². The maximum absolute atomic E-state index is 5.78. The summed E-state index contributed by atoms with van der Waals surface area (Å²) in [4.78, 5) is 0. The molecule has 4 nitrogen and oxygen atoms in total. The van der Waals surface area contributed by atoms with Crippen LogP contribution in [0.25, 0.3) is 0 Å². The Morgan fingerprint density at radius 3 is 2.93 bits per heavy atom. The lowest BCUT2D eigenvalue weighted by Crippen LogP contribution is -2.24. The molecule has 5 heteroatoms. The molecule has 0 amide bonds. The van der Waals surface area contributed by atoms with Crippen LogP contribution in [0.4, 0.5) is 0 Å². The molecule has 1 unspecified atom stereocenters. The monoisotopic (exact) mass is 214 g/mol. The minimum atomic E-state index is 0.288. The van der Waals surface area contributed by atoms with Crippen molar-refractivity contribution < 1.29 is 0 Å². The van der Waals surface area contributed by atoms with Gasteiger partial charge in [0.2, 0.25) is 0 Å². The van der Waals surface area contributed by atoms with Gasteiger partial charge in [-0.05, 0) is 28.7 Å². The van der Waals surface area contributed by atoms with Crippen LogP contribution >= 0.6 is 11.6 Å². The van der Waals surface area contributed by atoms with Gasteiger partial charge in [-0.1, -0.05) is 20.3 Å². The lowest BCUT2D eigenvalue weighted by Gasteiger charge is -2.26. The molecule has 0 aromatic carbocycles. The maximum atomic E-state index is 5.78. The van der Waals surface area contributed by atoms with E-state index in [4.69, 9.17) is 11.6 Å². The number of tetrazole rings is 1. The Morgan fingerprint density at radius 2 is 2.36 bits per heavy atom. The van der Waals surface area contributed by atoms with Gasteiger partial charge in [0.25, 0.3) is 0 Å². The van der Waals surface area contributed by atoms with E-state index in [1.807, 2.05) is 4.68 Å². The van der Waals surface area contributed by atoms with Crippen LogP contribution in [0, 0.1) is 5.41 Å². The van der Waals surface area contributed by atoms with Crippen molar-refractivity contribution in [2.24, 2.45) is 5.41 Å². The van der Waals surface area contributed by atoms with E-state index in [9.17, 15) is 0 Å². The normalized spacial score (nSPS) is 25.5. The molecular weight excluding hydrogens is 200 g/mol. The first-order valence-corrected chi connectivity index (χ1v) is 5.51. The molecule has 1 atom stereocenters. The molecule has 1 heterocycles. The number of rotatable bonds is 2. The predicted molar refractivity (Wildman–Crippen MR) is 54.0 cm³/mol. The lowest BCUT2D eigenvalue weighted by atomic mass is 9.87. The van der Waals surface area contributed by atoms with Gasteiger partial charge >= 0.3 is 0 Å². The van der Waals surface area contributed by atoms with E-state index < -0.39 is 0 Å².